The molecule has 0 saturated carbocycles. The van der Waals surface area contributed by atoms with Crippen LogP contribution in [0, 0.1) is 5.92 Å². The van der Waals surface area contributed by atoms with E-state index in [0.717, 1.165) is 26.1 Å². The largest absolute Gasteiger partial charge is 0.381 e. The molecule has 1 aliphatic rings. The fourth-order valence-corrected chi connectivity index (χ4v) is 2.23. The first-order valence-corrected chi connectivity index (χ1v) is 6.20. The third-order valence-electron chi connectivity index (χ3n) is 2.62. The smallest absolute Gasteiger partial charge is 0.270 e. The number of nitrogens with two attached hydrogens (primary N) is 1. The molecule has 1 fully saturated rings. The number of rotatable bonds is 4. The van der Waals surface area contributed by atoms with Crippen LogP contribution < -0.4 is 11.1 Å². The van der Waals surface area contributed by atoms with Crippen molar-refractivity contribution in [2.75, 3.05) is 25.5 Å². The molecule has 2 rings (SSSR count). The number of anilines is 1. The Morgan fingerprint density at radius 1 is 1.75 bits per heavy atom. The van der Waals surface area contributed by atoms with Crippen LogP contribution in [0.1, 0.15) is 23.3 Å². The summed E-state index contributed by atoms with van der Waals surface area (Å²) in [4.78, 5) is 15.5. The molecule has 0 spiro atoms. The molecule has 2 heterocycles. The monoisotopic (exact) mass is 241 g/mol. The number of amides is 1. The highest BCUT2D eigenvalue weighted by Gasteiger charge is 2.16. The molecule has 88 valence electrons. The third kappa shape index (κ3) is 2.93. The van der Waals surface area contributed by atoms with E-state index in [0.29, 0.717) is 23.3 Å². The summed E-state index contributed by atoms with van der Waals surface area (Å²) in [5.41, 5.74) is 5.86. The molecule has 1 aromatic heterocycles. The molecular formula is C10H15N3O2S. The maximum atomic E-state index is 11.6. The minimum Gasteiger partial charge on any atom is -0.381 e. The van der Waals surface area contributed by atoms with Gasteiger partial charge in [0, 0.05) is 25.1 Å². The number of aromatic nitrogens is 1. The van der Waals surface area contributed by atoms with Crippen molar-refractivity contribution >= 4 is 22.4 Å². The first-order valence-electron chi connectivity index (χ1n) is 5.32. The second kappa shape index (κ2) is 5.27. The summed E-state index contributed by atoms with van der Waals surface area (Å²) in [7, 11) is 0. The quantitative estimate of drug-likeness (QED) is 0.820. The van der Waals surface area contributed by atoms with Gasteiger partial charge < -0.3 is 15.8 Å². The fourth-order valence-electron chi connectivity index (χ4n) is 1.68. The molecule has 1 unspecified atom stereocenters. The zero-order chi connectivity index (χ0) is 11.4. The lowest BCUT2D eigenvalue weighted by Gasteiger charge is -2.07. The van der Waals surface area contributed by atoms with Gasteiger partial charge in [-0.05, 0) is 18.8 Å². The van der Waals surface area contributed by atoms with Crippen molar-refractivity contribution in [3.8, 4) is 0 Å². The molecule has 5 nitrogen and oxygen atoms in total. The van der Waals surface area contributed by atoms with E-state index in [1.165, 1.54) is 11.3 Å². The van der Waals surface area contributed by atoms with Gasteiger partial charge in [0.15, 0.2) is 5.13 Å². The summed E-state index contributed by atoms with van der Waals surface area (Å²) in [5, 5.41) is 4.93. The Morgan fingerprint density at radius 2 is 2.62 bits per heavy atom. The molecule has 0 radical (unpaired) electrons. The zero-order valence-corrected chi connectivity index (χ0v) is 9.76. The standard InChI is InChI=1S/C10H15N3O2S/c11-10-13-8(6-16-10)9(14)12-3-1-7-2-4-15-5-7/h6-7H,1-5H2,(H2,11,13)(H,12,14). The summed E-state index contributed by atoms with van der Waals surface area (Å²) in [6.45, 7) is 2.34. The van der Waals surface area contributed by atoms with E-state index < -0.39 is 0 Å². The Kier molecular flexibility index (Phi) is 3.74. The van der Waals surface area contributed by atoms with Gasteiger partial charge in [-0.2, -0.15) is 0 Å². The van der Waals surface area contributed by atoms with Gasteiger partial charge in [-0.1, -0.05) is 0 Å². The van der Waals surface area contributed by atoms with Crippen molar-refractivity contribution in [1.29, 1.82) is 0 Å². The van der Waals surface area contributed by atoms with Gasteiger partial charge in [0.25, 0.3) is 5.91 Å². The lowest BCUT2D eigenvalue weighted by atomic mass is 10.1. The van der Waals surface area contributed by atoms with Crippen molar-refractivity contribution in [3.63, 3.8) is 0 Å². The lowest BCUT2D eigenvalue weighted by Crippen LogP contribution is -2.26. The molecule has 6 heteroatoms. The zero-order valence-electron chi connectivity index (χ0n) is 8.94. The van der Waals surface area contributed by atoms with Crippen LogP contribution in [0.25, 0.3) is 0 Å². The third-order valence-corrected chi connectivity index (χ3v) is 3.29. The van der Waals surface area contributed by atoms with E-state index in [1.807, 2.05) is 0 Å². The van der Waals surface area contributed by atoms with E-state index in [-0.39, 0.29) is 5.91 Å². The van der Waals surface area contributed by atoms with Gasteiger partial charge in [0.2, 0.25) is 0 Å². The number of nitrogens with zero attached hydrogens (tertiary/aromatic N) is 1. The number of carbonyl (C=O) groups is 1. The van der Waals surface area contributed by atoms with E-state index >= 15 is 0 Å². The van der Waals surface area contributed by atoms with Gasteiger partial charge >= 0.3 is 0 Å². The number of thiazole rings is 1. The predicted molar refractivity (Wildman–Crippen MR) is 62.4 cm³/mol. The second-order valence-corrected chi connectivity index (χ2v) is 4.73. The molecule has 1 saturated heterocycles. The van der Waals surface area contributed by atoms with Crippen LogP contribution in [0.3, 0.4) is 0 Å². The Balaban J connectivity index is 1.71. The Bertz CT molecular complexity index is 361. The minimum absolute atomic E-state index is 0.146. The molecule has 1 aliphatic heterocycles. The van der Waals surface area contributed by atoms with E-state index in [9.17, 15) is 4.79 Å². The van der Waals surface area contributed by atoms with E-state index in [2.05, 4.69) is 10.3 Å². The molecule has 0 bridgehead atoms. The number of hydrogen-bond acceptors (Lipinski definition) is 5. The second-order valence-electron chi connectivity index (χ2n) is 3.85. The maximum Gasteiger partial charge on any atom is 0.270 e. The van der Waals surface area contributed by atoms with Gasteiger partial charge in [0.1, 0.15) is 5.69 Å². The average molecular weight is 241 g/mol. The first kappa shape index (κ1) is 11.3. The van der Waals surface area contributed by atoms with Crippen LogP contribution in [-0.2, 0) is 4.74 Å². The van der Waals surface area contributed by atoms with Crippen molar-refractivity contribution < 1.29 is 9.53 Å². The molecule has 0 aromatic carbocycles. The van der Waals surface area contributed by atoms with Crippen molar-refractivity contribution in [1.82, 2.24) is 10.3 Å². The normalized spacial score (nSPS) is 19.9. The summed E-state index contributed by atoms with van der Waals surface area (Å²) in [5.74, 6) is 0.438. The molecule has 3 N–H and O–H groups in total. The van der Waals surface area contributed by atoms with E-state index in [1.54, 1.807) is 5.38 Å². The van der Waals surface area contributed by atoms with Crippen molar-refractivity contribution in [2.45, 2.75) is 12.8 Å². The predicted octanol–water partition coefficient (Wildman–Crippen LogP) is 0.882. The molecule has 16 heavy (non-hydrogen) atoms. The highest BCUT2D eigenvalue weighted by Crippen LogP contribution is 2.15. The van der Waals surface area contributed by atoms with Crippen LogP contribution >= 0.6 is 11.3 Å². The Morgan fingerprint density at radius 3 is 3.25 bits per heavy atom. The molecule has 1 aromatic rings. The van der Waals surface area contributed by atoms with Crippen LogP contribution in [0.4, 0.5) is 5.13 Å². The summed E-state index contributed by atoms with van der Waals surface area (Å²) < 4.78 is 5.26. The number of nitrogen functional groups attached to an aromatic ring is 1. The lowest BCUT2D eigenvalue weighted by molar-refractivity contribution is 0.0946. The summed E-state index contributed by atoms with van der Waals surface area (Å²) >= 11 is 1.28. The molecule has 1 amide bonds. The van der Waals surface area contributed by atoms with Gasteiger partial charge in [-0.25, -0.2) is 4.98 Å². The van der Waals surface area contributed by atoms with Crippen LogP contribution in [0.15, 0.2) is 5.38 Å². The summed E-state index contributed by atoms with van der Waals surface area (Å²) in [6.07, 6.45) is 2.06. The first-order chi connectivity index (χ1) is 7.75. The van der Waals surface area contributed by atoms with Crippen LogP contribution in [-0.4, -0.2) is 30.6 Å². The fraction of sp³-hybridized carbons (Fsp3) is 0.600. The van der Waals surface area contributed by atoms with Crippen molar-refractivity contribution in [3.05, 3.63) is 11.1 Å². The number of carbonyl (C=O) groups excluding carboxylic acids is 1. The number of nitrogens with one attached hydrogen (secondary N) is 1. The highest BCUT2D eigenvalue weighted by molar-refractivity contribution is 7.13. The molecular weight excluding hydrogens is 226 g/mol. The number of hydrogen-bond donors (Lipinski definition) is 2. The van der Waals surface area contributed by atoms with Crippen LogP contribution in [0.5, 0.6) is 0 Å². The topological polar surface area (TPSA) is 77.2 Å². The minimum atomic E-state index is -0.146. The van der Waals surface area contributed by atoms with Gasteiger partial charge in [-0.15, -0.1) is 11.3 Å². The Hall–Kier alpha value is -1.14. The van der Waals surface area contributed by atoms with E-state index in [4.69, 9.17) is 10.5 Å². The molecule has 1 atom stereocenters. The average Bonchev–Trinajstić information content (AvgIpc) is 2.89. The van der Waals surface area contributed by atoms with Gasteiger partial charge in [0.05, 0.1) is 0 Å². The number of ether oxygens (including phenoxy) is 1. The Labute approximate surface area is 98.0 Å². The van der Waals surface area contributed by atoms with Crippen LogP contribution in [0.2, 0.25) is 0 Å². The maximum absolute atomic E-state index is 11.6. The SMILES string of the molecule is Nc1nc(C(=O)NCCC2CCOC2)cs1. The molecule has 0 aliphatic carbocycles. The highest BCUT2D eigenvalue weighted by atomic mass is 32.1. The van der Waals surface area contributed by atoms with Crippen molar-refractivity contribution in [2.24, 2.45) is 5.92 Å². The summed E-state index contributed by atoms with van der Waals surface area (Å²) in [6, 6.07) is 0. The van der Waals surface area contributed by atoms with Gasteiger partial charge in [-0.3, -0.25) is 4.79 Å².